The molecule has 5 heteroatoms. The van der Waals surface area contributed by atoms with E-state index in [1.807, 2.05) is 25.1 Å². The number of rotatable bonds is 3. The van der Waals surface area contributed by atoms with Crippen molar-refractivity contribution in [1.29, 1.82) is 0 Å². The molecule has 0 N–H and O–H groups in total. The number of nitrogens with zero attached hydrogens (tertiary/aromatic N) is 4. The number of pyridine rings is 1. The van der Waals surface area contributed by atoms with Gasteiger partial charge in [-0.3, -0.25) is 14.1 Å². The monoisotopic (exact) mass is 370 g/mol. The molecule has 0 amide bonds. The summed E-state index contributed by atoms with van der Waals surface area (Å²) in [6, 6.07) is 20.6. The zero-order valence-corrected chi connectivity index (χ0v) is 15.8. The Morgan fingerprint density at radius 2 is 1.82 bits per heavy atom. The van der Waals surface area contributed by atoms with Crippen molar-refractivity contribution in [2.75, 3.05) is 6.54 Å². The first-order valence-corrected chi connectivity index (χ1v) is 9.63. The van der Waals surface area contributed by atoms with Crippen molar-refractivity contribution in [3.8, 4) is 0 Å². The number of aromatic nitrogens is 3. The van der Waals surface area contributed by atoms with E-state index in [1.54, 1.807) is 16.7 Å². The maximum atomic E-state index is 12.6. The zero-order chi connectivity index (χ0) is 19.1. The number of fused-ring (bicyclic) bond motifs is 2. The lowest BCUT2D eigenvalue weighted by molar-refractivity contribution is 0.172. The van der Waals surface area contributed by atoms with Crippen LogP contribution in [0.3, 0.4) is 0 Å². The molecule has 5 nitrogen and oxygen atoms in total. The van der Waals surface area contributed by atoms with E-state index in [2.05, 4.69) is 52.1 Å². The highest BCUT2D eigenvalue weighted by atomic mass is 16.1. The Balaban J connectivity index is 1.56. The molecule has 140 valence electrons. The molecule has 0 bridgehead atoms. The van der Waals surface area contributed by atoms with Crippen molar-refractivity contribution in [3.63, 3.8) is 0 Å². The molecular formula is C23H22N4O. The lowest BCUT2D eigenvalue weighted by Gasteiger charge is -2.37. The molecule has 0 aliphatic carbocycles. The van der Waals surface area contributed by atoms with Crippen LogP contribution >= 0.6 is 0 Å². The predicted molar refractivity (Wildman–Crippen MR) is 109 cm³/mol. The molecule has 1 aliphatic heterocycles. The van der Waals surface area contributed by atoms with Gasteiger partial charge >= 0.3 is 0 Å². The van der Waals surface area contributed by atoms with Gasteiger partial charge in [-0.25, -0.2) is 4.98 Å². The summed E-state index contributed by atoms with van der Waals surface area (Å²) < 4.78 is 3.94. The van der Waals surface area contributed by atoms with Crippen LogP contribution in [0.4, 0.5) is 0 Å². The Bertz CT molecular complexity index is 1190. The highest BCUT2D eigenvalue weighted by molar-refractivity contribution is 5.46. The molecule has 1 atom stereocenters. The summed E-state index contributed by atoms with van der Waals surface area (Å²) in [6.07, 6.45) is 3.93. The van der Waals surface area contributed by atoms with Crippen LogP contribution in [0, 0.1) is 6.92 Å². The van der Waals surface area contributed by atoms with E-state index >= 15 is 0 Å². The normalized spacial score (nSPS) is 17.0. The third-order valence-electron chi connectivity index (χ3n) is 5.56. The van der Waals surface area contributed by atoms with Gasteiger partial charge in [-0.2, -0.15) is 0 Å². The molecule has 0 saturated carbocycles. The van der Waals surface area contributed by atoms with E-state index in [0.717, 1.165) is 30.0 Å². The van der Waals surface area contributed by atoms with E-state index in [9.17, 15) is 4.79 Å². The Kier molecular flexibility index (Phi) is 4.10. The Morgan fingerprint density at radius 3 is 2.68 bits per heavy atom. The van der Waals surface area contributed by atoms with Gasteiger partial charge in [0.25, 0.3) is 5.56 Å². The van der Waals surface area contributed by atoms with Crippen LogP contribution in [0.5, 0.6) is 0 Å². The summed E-state index contributed by atoms with van der Waals surface area (Å²) in [5.41, 5.74) is 5.08. The van der Waals surface area contributed by atoms with E-state index in [-0.39, 0.29) is 11.6 Å². The second kappa shape index (κ2) is 6.77. The number of hydrogen-bond donors (Lipinski definition) is 0. The van der Waals surface area contributed by atoms with Crippen LogP contribution in [0.2, 0.25) is 0 Å². The molecule has 0 spiro atoms. The van der Waals surface area contributed by atoms with Crippen molar-refractivity contribution < 1.29 is 0 Å². The van der Waals surface area contributed by atoms with Crippen LogP contribution in [0.15, 0.2) is 77.9 Å². The smallest absolute Gasteiger partial charge is 0.258 e. The standard InChI is InChI=1S/C23H22N4O/c1-17-7-5-12-27-21(28)15-19(24-23(17)27)16-26-14-13-25-11-6-10-20(25)22(26)18-8-3-2-4-9-18/h2-12,15,22H,13-14,16H2,1H3/t22-/m0/s1. The largest absolute Gasteiger partial charge is 0.348 e. The van der Waals surface area contributed by atoms with E-state index in [0.29, 0.717) is 6.54 Å². The fraction of sp³-hybridized carbons (Fsp3) is 0.217. The summed E-state index contributed by atoms with van der Waals surface area (Å²) in [6.45, 7) is 4.49. The molecule has 0 unspecified atom stereocenters. The summed E-state index contributed by atoms with van der Waals surface area (Å²) in [5, 5.41) is 0. The molecule has 0 radical (unpaired) electrons. The van der Waals surface area contributed by atoms with Gasteiger partial charge in [0.15, 0.2) is 0 Å². The number of aryl methyl sites for hydroxylation is 1. The maximum Gasteiger partial charge on any atom is 0.258 e. The second-order valence-corrected chi connectivity index (χ2v) is 7.38. The Morgan fingerprint density at radius 1 is 1.00 bits per heavy atom. The SMILES string of the molecule is Cc1cccn2c(=O)cc(CN3CCn4cccc4[C@@H]3c3ccccc3)nc12. The highest BCUT2D eigenvalue weighted by Crippen LogP contribution is 2.33. The first kappa shape index (κ1) is 17.0. The summed E-state index contributed by atoms with van der Waals surface area (Å²) >= 11 is 0. The first-order valence-electron chi connectivity index (χ1n) is 9.63. The molecule has 1 aromatic carbocycles. The topological polar surface area (TPSA) is 42.5 Å². The maximum absolute atomic E-state index is 12.6. The molecule has 1 aliphatic rings. The Labute approximate surface area is 163 Å². The molecule has 28 heavy (non-hydrogen) atoms. The molecule has 0 saturated heterocycles. The average molecular weight is 370 g/mol. The van der Waals surface area contributed by atoms with Gasteiger partial charge < -0.3 is 4.57 Å². The summed E-state index contributed by atoms with van der Waals surface area (Å²) in [5.74, 6) is 0. The fourth-order valence-corrected chi connectivity index (χ4v) is 4.22. The van der Waals surface area contributed by atoms with Gasteiger partial charge in [-0.05, 0) is 36.2 Å². The van der Waals surface area contributed by atoms with Crippen LogP contribution in [-0.2, 0) is 13.1 Å². The molecule has 3 aromatic heterocycles. The lowest BCUT2D eigenvalue weighted by Crippen LogP contribution is -2.38. The third-order valence-corrected chi connectivity index (χ3v) is 5.56. The Hall–Kier alpha value is -3.18. The van der Waals surface area contributed by atoms with Gasteiger partial charge in [-0.1, -0.05) is 36.4 Å². The van der Waals surface area contributed by atoms with Crippen molar-refractivity contribution in [2.45, 2.75) is 26.1 Å². The van der Waals surface area contributed by atoms with Crippen LogP contribution in [-0.4, -0.2) is 25.4 Å². The van der Waals surface area contributed by atoms with Gasteiger partial charge in [0.1, 0.15) is 5.65 Å². The van der Waals surface area contributed by atoms with E-state index in [1.165, 1.54) is 11.3 Å². The molecule has 0 fully saturated rings. The van der Waals surface area contributed by atoms with Gasteiger partial charge in [0, 0.05) is 43.8 Å². The summed E-state index contributed by atoms with van der Waals surface area (Å²) in [4.78, 5) is 19.8. The second-order valence-electron chi connectivity index (χ2n) is 7.38. The van der Waals surface area contributed by atoms with Crippen LogP contribution < -0.4 is 5.56 Å². The van der Waals surface area contributed by atoms with E-state index in [4.69, 9.17) is 4.98 Å². The average Bonchev–Trinajstić information content (AvgIpc) is 3.18. The number of hydrogen-bond acceptors (Lipinski definition) is 3. The van der Waals surface area contributed by atoms with Gasteiger partial charge in [0.2, 0.25) is 0 Å². The minimum Gasteiger partial charge on any atom is -0.348 e. The lowest BCUT2D eigenvalue weighted by atomic mass is 10.00. The van der Waals surface area contributed by atoms with Crippen molar-refractivity contribution in [1.82, 2.24) is 18.9 Å². The molecule has 4 heterocycles. The van der Waals surface area contributed by atoms with E-state index < -0.39 is 0 Å². The third kappa shape index (κ3) is 2.84. The molecule has 5 rings (SSSR count). The minimum atomic E-state index is -0.0275. The van der Waals surface area contributed by atoms with Crippen molar-refractivity contribution in [3.05, 3.63) is 106 Å². The van der Waals surface area contributed by atoms with Crippen LogP contribution in [0.1, 0.15) is 28.6 Å². The van der Waals surface area contributed by atoms with Crippen molar-refractivity contribution in [2.24, 2.45) is 0 Å². The van der Waals surface area contributed by atoms with Crippen molar-refractivity contribution >= 4 is 5.65 Å². The zero-order valence-electron chi connectivity index (χ0n) is 15.8. The van der Waals surface area contributed by atoms with Gasteiger partial charge in [-0.15, -0.1) is 0 Å². The minimum absolute atomic E-state index is 0.0275. The van der Waals surface area contributed by atoms with Gasteiger partial charge in [0.05, 0.1) is 11.7 Å². The number of benzene rings is 1. The molecular weight excluding hydrogens is 348 g/mol. The van der Waals surface area contributed by atoms with Crippen LogP contribution in [0.25, 0.3) is 5.65 Å². The predicted octanol–water partition coefficient (Wildman–Crippen LogP) is 3.41. The fourth-order valence-electron chi connectivity index (χ4n) is 4.22. The highest BCUT2D eigenvalue weighted by Gasteiger charge is 2.29. The molecule has 4 aromatic rings. The first-order chi connectivity index (χ1) is 13.7. The quantitative estimate of drug-likeness (QED) is 0.555. The summed E-state index contributed by atoms with van der Waals surface area (Å²) in [7, 11) is 0.